The molecule has 184 valence electrons. The monoisotopic (exact) mass is 503 g/mol. The number of hydrogen-bond donors (Lipinski definition) is 2. The van der Waals surface area contributed by atoms with E-state index in [1.807, 2.05) is 45.0 Å². The molecule has 2 N–H and O–H groups in total. The number of hydrogen-bond acceptors (Lipinski definition) is 5. The number of carbonyl (C=O) groups is 2. The van der Waals surface area contributed by atoms with Gasteiger partial charge in [0, 0.05) is 16.4 Å². The average Bonchev–Trinajstić information content (AvgIpc) is 2.86. The topological polar surface area (TPSA) is 100 Å². The standard InChI is InChI=1S/C28H26ClN3O4/c1-17-6-5-7-24(19(17)3)32-28(34)21(15-30)12-20-9-11-25(26(13-20)35-4)36-16-27(33)31-22-10-8-18(2)23(29)14-22/h5-14H,16H2,1-4H3,(H,31,33)(H,32,34)/b21-12-. The highest BCUT2D eigenvalue weighted by Crippen LogP contribution is 2.29. The van der Waals surface area contributed by atoms with Crippen molar-refractivity contribution in [1.82, 2.24) is 0 Å². The highest BCUT2D eigenvalue weighted by atomic mass is 35.5. The van der Waals surface area contributed by atoms with E-state index in [2.05, 4.69) is 10.6 Å². The third-order valence-electron chi connectivity index (χ3n) is 5.53. The van der Waals surface area contributed by atoms with Crippen molar-refractivity contribution in [1.29, 1.82) is 5.26 Å². The molecular weight excluding hydrogens is 478 g/mol. The average molecular weight is 504 g/mol. The third kappa shape index (κ3) is 6.65. The molecule has 0 saturated carbocycles. The number of anilines is 2. The van der Waals surface area contributed by atoms with Gasteiger partial charge in [-0.15, -0.1) is 0 Å². The van der Waals surface area contributed by atoms with Crippen LogP contribution in [0.1, 0.15) is 22.3 Å². The second kappa shape index (κ2) is 11.9. The molecule has 0 aliphatic heterocycles. The Kier molecular flexibility index (Phi) is 8.71. The van der Waals surface area contributed by atoms with Crippen LogP contribution < -0.4 is 20.1 Å². The van der Waals surface area contributed by atoms with Crippen LogP contribution in [0.5, 0.6) is 11.5 Å². The van der Waals surface area contributed by atoms with Crippen molar-refractivity contribution < 1.29 is 19.1 Å². The van der Waals surface area contributed by atoms with E-state index >= 15 is 0 Å². The van der Waals surface area contributed by atoms with Gasteiger partial charge in [0.25, 0.3) is 11.8 Å². The van der Waals surface area contributed by atoms with Crippen LogP contribution in [-0.4, -0.2) is 25.5 Å². The molecule has 0 unspecified atom stereocenters. The van der Waals surface area contributed by atoms with Gasteiger partial charge in [-0.1, -0.05) is 35.9 Å². The normalized spacial score (nSPS) is 10.8. The second-order valence-corrected chi connectivity index (χ2v) is 8.49. The maximum atomic E-state index is 12.7. The minimum Gasteiger partial charge on any atom is -0.493 e. The molecule has 0 aliphatic rings. The fourth-order valence-electron chi connectivity index (χ4n) is 3.30. The van der Waals surface area contributed by atoms with Crippen LogP contribution in [0.25, 0.3) is 6.08 Å². The number of halogens is 1. The fraction of sp³-hybridized carbons (Fsp3) is 0.179. The first-order chi connectivity index (χ1) is 17.2. The zero-order valence-corrected chi connectivity index (χ0v) is 21.2. The summed E-state index contributed by atoms with van der Waals surface area (Å²) >= 11 is 6.10. The van der Waals surface area contributed by atoms with Crippen molar-refractivity contribution in [3.05, 3.63) is 87.4 Å². The molecule has 0 aromatic heterocycles. The van der Waals surface area contributed by atoms with Gasteiger partial charge in [0.2, 0.25) is 0 Å². The third-order valence-corrected chi connectivity index (χ3v) is 5.94. The van der Waals surface area contributed by atoms with Crippen LogP contribution in [-0.2, 0) is 9.59 Å². The number of amides is 2. The lowest BCUT2D eigenvalue weighted by atomic mass is 10.1. The molecule has 0 spiro atoms. The Balaban J connectivity index is 1.69. The second-order valence-electron chi connectivity index (χ2n) is 8.08. The molecule has 0 fully saturated rings. The molecule has 3 aromatic rings. The minimum atomic E-state index is -0.515. The molecule has 3 aromatic carbocycles. The predicted octanol–water partition coefficient (Wildman–Crippen LogP) is 5.84. The van der Waals surface area contributed by atoms with E-state index < -0.39 is 5.91 Å². The molecule has 0 radical (unpaired) electrons. The quantitative estimate of drug-likeness (QED) is 0.297. The number of ether oxygens (including phenoxy) is 2. The van der Waals surface area contributed by atoms with Gasteiger partial charge in [0.15, 0.2) is 18.1 Å². The predicted molar refractivity (Wildman–Crippen MR) is 141 cm³/mol. The number of nitrogens with one attached hydrogen (secondary N) is 2. The Morgan fingerprint density at radius 1 is 1.00 bits per heavy atom. The first-order valence-corrected chi connectivity index (χ1v) is 11.5. The van der Waals surface area contributed by atoms with Crippen molar-refractivity contribution in [3.63, 3.8) is 0 Å². The molecule has 0 saturated heterocycles. The largest absolute Gasteiger partial charge is 0.493 e. The minimum absolute atomic E-state index is 0.0669. The number of rotatable bonds is 8. The van der Waals surface area contributed by atoms with Gasteiger partial charge < -0.3 is 20.1 Å². The van der Waals surface area contributed by atoms with Crippen LogP contribution in [0.3, 0.4) is 0 Å². The number of carbonyl (C=O) groups excluding carboxylic acids is 2. The molecule has 0 bridgehead atoms. The Morgan fingerprint density at radius 2 is 1.78 bits per heavy atom. The fourth-order valence-corrected chi connectivity index (χ4v) is 3.48. The highest BCUT2D eigenvalue weighted by molar-refractivity contribution is 6.31. The molecule has 0 aliphatic carbocycles. The molecule has 36 heavy (non-hydrogen) atoms. The summed E-state index contributed by atoms with van der Waals surface area (Å²) in [6.07, 6.45) is 1.46. The number of nitriles is 1. The Hall–Kier alpha value is -4.28. The summed E-state index contributed by atoms with van der Waals surface area (Å²) < 4.78 is 11.0. The lowest BCUT2D eigenvalue weighted by molar-refractivity contribution is -0.118. The van der Waals surface area contributed by atoms with E-state index in [0.29, 0.717) is 33.5 Å². The van der Waals surface area contributed by atoms with E-state index in [0.717, 1.165) is 16.7 Å². The van der Waals surface area contributed by atoms with Gasteiger partial charge in [0.05, 0.1) is 7.11 Å². The highest BCUT2D eigenvalue weighted by Gasteiger charge is 2.13. The van der Waals surface area contributed by atoms with E-state index in [-0.39, 0.29) is 18.1 Å². The Bertz CT molecular complexity index is 1380. The van der Waals surface area contributed by atoms with E-state index in [9.17, 15) is 14.9 Å². The maximum absolute atomic E-state index is 12.7. The summed E-state index contributed by atoms with van der Waals surface area (Å²) in [5, 5.41) is 15.6. The summed E-state index contributed by atoms with van der Waals surface area (Å²) in [4.78, 5) is 25.0. The van der Waals surface area contributed by atoms with Crippen molar-refractivity contribution in [2.24, 2.45) is 0 Å². The SMILES string of the molecule is COc1cc(/C=C(/C#N)C(=O)Nc2cccc(C)c2C)ccc1OCC(=O)Nc1ccc(C)c(Cl)c1. The Morgan fingerprint density at radius 3 is 2.47 bits per heavy atom. The van der Waals surface area contributed by atoms with Gasteiger partial charge >= 0.3 is 0 Å². The van der Waals surface area contributed by atoms with Gasteiger partial charge in [0.1, 0.15) is 11.6 Å². The number of aryl methyl sites for hydroxylation is 2. The number of benzene rings is 3. The first kappa shape index (κ1) is 26.3. The van der Waals surface area contributed by atoms with Crippen LogP contribution in [0.2, 0.25) is 5.02 Å². The number of methoxy groups -OCH3 is 1. The van der Waals surface area contributed by atoms with Crippen molar-refractivity contribution in [2.45, 2.75) is 20.8 Å². The summed E-state index contributed by atoms with van der Waals surface area (Å²) in [5.74, 6) is -0.193. The van der Waals surface area contributed by atoms with Crippen LogP contribution in [0.4, 0.5) is 11.4 Å². The van der Waals surface area contributed by atoms with Crippen molar-refractivity contribution in [2.75, 3.05) is 24.4 Å². The first-order valence-electron chi connectivity index (χ1n) is 11.1. The molecule has 7 nitrogen and oxygen atoms in total. The smallest absolute Gasteiger partial charge is 0.266 e. The van der Waals surface area contributed by atoms with Gasteiger partial charge in [-0.25, -0.2) is 0 Å². The Labute approximate surface area is 215 Å². The van der Waals surface area contributed by atoms with E-state index in [4.69, 9.17) is 21.1 Å². The lowest BCUT2D eigenvalue weighted by Gasteiger charge is -2.12. The molecule has 0 atom stereocenters. The van der Waals surface area contributed by atoms with Gasteiger partial charge in [-0.05, 0) is 79.4 Å². The maximum Gasteiger partial charge on any atom is 0.266 e. The molecule has 8 heteroatoms. The summed E-state index contributed by atoms with van der Waals surface area (Å²) in [7, 11) is 1.46. The van der Waals surface area contributed by atoms with E-state index in [1.165, 1.54) is 13.2 Å². The zero-order valence-electron chi connectivity index (χ0n) is 20.4. The molecular formula is C28H26ClN3O4. The van der Waals surface area contributed by atoms with Crippen molar-refractivity contribution >= 4 is 40.9 Å². The molecule has 0 heterocycles. The summed E-state index contributed by atoms with van der Waals surface area (Å²) in [6.45, 7) is 5.47. The lowest BCUT2D eigenvalue weighted by Crippen LogP contribution is -2.20. The van der Waals surface area contributed by atoms with Crippen LogP contribution >= 0.6 is 11.6 Å². The zero-order chi connectivity index (χ0) is 26.2. The molecule has 2 amide bonds. The molecule has 3 rings (SSSR count). The van der Waals surface area contributed by atoms with Gasteiger partial charge in [-0.3, -0.25) is 9.59 Å². The van der Waals surface area contributed by atoms with Crippen LogP contribution in [0.15, 0.2) is 60.2 Å². The van der Waals surface area contributed by atoms with Gasteiger partial charge in [-0.2, -0.15) is 5.26 Å². The van der Waals surface area contributed by atoms with E-state index in [1.54, 1.807) is 36.4 Å². The summed E-state index contributed by atoms with van der Waals surface area (Å²) in [6, 6.07) is 17.6. The van der Waals surface area contributed by atoms with Crippen LogP contribution in [0, 0.1) is 32.1 Å². The summed E-state index contributed by atoms with van der Waals surface area (Å²) in [5.41, 5.74) is 4.58. The van der Waals surface area contributed by atoms with Crippen molar-refractivity contribution in [3.8, 4) is 17.6 Å². The number of nitrogens with zero attached hydrogens (tertiary/aromatic N) is 1.